The highest BCUT2D eigenvalue weighted by atomic mass is 16.7. The minimum absolute atomic E-state index is 0.0197. The van der Waals surface area contributed by atoms with E-state index in [4.69, 9.17) is 33.2 Å². The van der Waals surface area contributed by atoms with Crippen LogP contribution in [-0.2, 0) is 23.7 Å². The Kier molecular flexibility index (Phi) is 11.9. The molecule has 0 spiro atoms. The molecule has 0 aliphatic heterocycles. The molecule has 0 N–H and O–H groups in total. The molecular formula is C24H30O9. The molecule has 2 aromatic rings. The van der Waals surface area contributed by atoms with Gasteiger partial charge in [0.15, 0.2) is 19.9 Å². The number of esters is 1. The molecule has 0 aliphatic rings. The van der Waals surface area contributed by atoms with Crippen molar-refractivity contribution in [2.24, 2.45) is 0 Å². The highest BCUT2D eigenvalue weighted by Crippen LogP contribution is 2.40. The van der Waals surface area contributed by atoms with Crippen molar-refractivity contribution in [1.82, 2.24) is 0 Å². The van der Waals surface area contributed by atoms with Crippen LogP contribution < -0.4 is 14.2 Å². The van der Waals surface area contributed by atoms with E-state index in [-0.39, 0.29) is 26.0 Å². The normalized spacial score (nSPS) is 10.6. The standard InChI is InChI=1S/C24H30O9/c1-4-23(26)33-19-8-9-22(31-16-29-12-10-27-2)21(14-19)20-7-5-6-18(15-25)24(20)32-17-30-13-11-28-3/h5-9,14-15H,4,10-13,16-17H2,1-3H3. The van der Waals surface area contributed by atoms with Crippen LogP contribution in [0.3, 0.4) is 0 Å². The predicted molar refractivity (Wildman–Crippen MR) is 120 cm³/mol. The van der Waals surface area contributed by atoms with E-state index >= 15 is 0 Å². The van der Waals surface area contributed by atoms with Gasteiger partial charge in [-0.05, 0) is 24.3 Å². The van der Waals surface area contributed by atoms with Crippen LogP contribution in [0.2, 0.25) is 0 Å². The number of carbonyl (C=O) groups is 2. The zero-order chi connectivity index (χ0) is 23.9. The second-order valence-electron chi connectivity index (χ2n) is 6.65. The molecule has 0 bridgehead atoms. The summed E-state index contributed by atoms with van der Waals surface area (Å²) in [5.41, 5.74) is 1.46. The molecule has 0 aliphatic carbocycles. The minimum Gasteiger partial charge on any atom is -0.467 e. The van der Waals surface area contributed by atoms with Gasteiger partial charge in [0, 0.05) is 31.8 Å². The monoisotopic (exact) mass is 462 g/mol. The Hall–Kier alpha value is -2.98. The quantitative estimate of drug-likeness (QED) is 0.122. The van der Waals surface area contributed by atoms with Crippen molar-refractivity contribution in [3.05, 3.63) is 42.0 Å². The third-order valence-corrected chi connectivity index (χ3v) is 4.38. The Morgan fingerprint density at radius 2 is 1.58 bits per heavy atom. The van der Waals surface area contributed by atoms with E-state index in [1.165, 1.54) is 0 Å². The van der Waals surface area contributed by atoms with E-state index in [2.05, 4.69) is 0 Å². The predicted octanol–water partition coefficient (Wildman–Crippen LogP) is 3.48. The molecule has 0 amide bonds. The topological polar surface area (TPSA) is 98.8 Å². The first-order chi connectivity index (χ1) is 16.1. The lowest BCUT2D eigenvalue weighted by Gasteiger charge is -2.18. The first-order valence-electron chi connectivity index (χ1n) is 10.5. The molecule has 33 heavy (non-hydrogen) atoms. The van der Waals surface area contributed by atoms with Gasteiger partial charge in [0.1, 0.15) is 17.2 Å². The van der Waals surface area contributed by atoms with Gasteiger partial charge in [-0.15, -0.1) is 0 Å². The number of benzene rings is 2. The minimum atomic E-state index is -0.373. The van der Waals surface area contributed by atoms with Crippen LogP contribution in [0.5, 0.6) is 17.2 Å². The third kappa shape index (κ3) is 8.47. The lowest BCUT2D eigenvalue weighted by molar-refractivity contribution is -0.134. The smallest absolute Gasteiger partial charge is 0.310 e. The van der Waals surface area contributed by atoms with Gasteiger partial charge in [-0.25, -0.2) is 0 Å². The molecule has 2 aromatic carbocycles. The number of methoxy groups -OCH3 is 2. The molecule has 0 saturated carbocycles. The van der Waals surface area contributed by atoms with Crippen molar-refractivity contribution in [3.63, 3.8) is 0 Å². The van der Waals surface area contributed by atoms with Gasteiger partial charge in [0.25, 0.3) is 0 Å². The molecule has 0 saturated heterocycles. The fourth-order valence-electron chi connectivity index (χ4n) is 2.74. The Bertz CT molecular complexity index is 882. The Morgan fingerprint density at radius 3 is 2.21 bits per heavy atom. The number of carbonyl (C=O) groups excluding carboxylic acids is 2. The van der Waals surface area contributed by atoms with E-state index in [0.717, 1.165) is 0 Å². The molecule has 180 valence electrons. The second-order valence-corrected chi connectivity index (χ2v) is 6.65. The zero-order valence-corrected chi connectivity index (χ0v) is 19.2. The maximum Gasteiger partial charge on any atom is 0.310 e. The van der Waals surface area contributed by atoms with E-state index in [1.807, 2.05) is 0 Å². The number of aldehydes is 1. The van der Waals surface area contributed by atoms with Gasteiger partial charge < -0.3 is 33.2 Å². The maximum atomic E-state index is 11.8. The molecule has 0 heterocycles. The maximum absolute atomic E-state index is 11.8. The summed E-state index contributed by atoms with van der Waals surface area (Å²) in [5, 5.41) is 0. The molecule has 0 radical (unpaired) electrons. The molecule has 0 aromatic heterocycles. The van der Waals surface area contributed by atoms with Gasteiger partial charge in [-0.3, -0.25) is 9.59 Å². The van der Waals surface area contributed by atoms with Crippen molar-refractivity contribution in [2.75, 3.05) is 54.2 Å². The average Bonchev–Trinajstić information content (AvgIpc) is 2.84. The number of hydrogen-bond acceptors (Lipinski definition) is 9. The largest absolute Gasteiger partial charge is 0.467 e. The molecule has 2 rings (SSSR count). The number of rotatable bonds is 16. The van der Waals surface area contributed by atoms with E-state index < -0.39 is 0 Å². The summed E-state index contributed by atoms with van der Waals surface area (Å²) in [6.07, 6.45) is 0.929. The lowest BCUT2D eigenvalue weighted by atomic mass is 10.0. The van der Waals surface area contributed by atoms with E-state index in [9.17, 15) is 9.59 Å². The summed E-state index contributed by atoms with van der Waals surface area (Å²) >= 11 is 0. The summed E-state index contributed by atoms with van der Waals surface area (Å²) in [7, 11) is 3.15. The fraction of sp³-hybridized carbons (Fsp3) is 0.417. The SMILES string of the molecule is CCC(=O)Oc1ccc(OCOCCOC)c(-c2cccc(C=O)c2OCOCCOC)c1. The Balaban J connectivity index is 2.37. The van der Waals surface area contributed by atoms with E-state index in [0.29, 0.717) is 66.7 Å². The van der Waals surface area contributed by atoms with E-state index in [1.54, 1.807) is 57.5 Å². The summed E-state index contributed by atoms with van der Waals surface area (Å²) in [6, 6.07) is 10.1. The molecule has 0 fully saturated rings. The van der Waals surface area contributed by atoms with Crippen molar-refractivity contribution >= 4 is 12.3 Å². The van der Waals surface area contributed by atoms with Gasteiger partial charge in [-0.1, -0.05) is 19.1 Å². The summed E-state index contributed by atoms with van der Waals surface area (Å²) in [5.74, 6) is 0.733. The second kappa shape index (κ2) is 15.0. The molecular weight excluding hydrogens is 432 g/mol. The van der Waals surface area contributed by atoms with Crippen molar-refractivity contribution in [2.45, 2.75) is 13.3 Å². The summed E-state index contributed by atoms with van der Waals surface area (Å²) in [4.78, 5) is 23.5. The summed E-state index contributed by atoms with van der Waals surface area (Å²) in [6.45, 7) is 3.16. The zero-order valence-electron chi connectivity index (χ0n) is 19.2. The van der Waals surface area contributed by atoms with Crippen LogP contribution in [0.25, 0.3) is 11.1 Å². The van der Waals surface area contributed by atoms with Crippen LogP contribution in [0, 0.1) is 0 Å². The van der Waals surface area contributed by atoms with Gasteiger partial charge in [-0.2, -0.15) is 0 Å². The van der Waals surface area contributed by atoms with Gasteiger partial charge >= 0.3 is 5.97 Å². The Morgan fingerprint density at radius 1 is 0.879 bits per heavy atom. The van der Waals surface area contributed by atoms with Crippen LogP contribution >= 0.6 is 0 Å². The number of para-hydroxylation sites is 1. The first kappa shape index (κ1) is 26.3. The van der Waals surface area contributed by atoms with Crippen molar-refractivity contribution < 1.29 is 42.7 Å². The van der Waals surface area contributed by atoms with Crippen LogP contribution in [0.15, 0.2) is 36.4 Å². The number of ether oxygens (including phenoxy) is 7. The molecule has 0 atom stereocenters. The molecule has 0 unspecified atom stereocenters. The van der Waals surface area contributed by atoms with Crippen LogP contribution in [0.1, 0.15) is 23.7 Å². The lowest BCUT2D eigenvalue weighted by Crippen LogP contribution is -2.10. The van der Waals surface area contributed by atoms with Gasteiger partial charge in [0.2, 0.25) is 0 Å². The average molecular weight is 462 g/mol. The van der Waals surface area contributed by atoms with Crippen molar-refractivity contribution in [3.8, 4) is 28.4 Å². The summed E-state index contributed by atoms with van der Waals surface area (Å²) < 4.78 is 37.7. The number of hydrogen-bond donors (Lipinski definition) is 0. The fourth-order valence-corrected chi connectivity index (χ4v) is 2.74. The van der Waals surface area contributed by atoms with Gasteiger partial charge in [0.05, 0.1) is 32.0 Å². The third-order valence-electron chi connectivity index (χ3n) is 4.38. The van der Waals surface area contributed by atoms with Crippen molar-refractivity contribution in [1.29, 1.82) is 0 Å². The van der Waals surface area contributed by atoms with Crippen LogP contribution in [-0.4, -0.2) is 66.5 Å². The molecule has 9 heteroatoms. The highest BCUT2D eigenvalue weighted by Gasteiger charge is 2.17. The first-order valence-corrected chi connectivity index (χ1v) is 10.5. The molecule has 9 nitrogen and oxygen atoms in total. The highest BCUT2D eigenvalue weighted by molar-refractivity contribution is 5.88. The van der Waals surface area contributed by atoms with Crippen LogP contribution in [0.4, 0.5) is 0 Å². The Labute approximate surface area is 193 Å².